The summed E-state index contributed by atoms with van der Waals surface area (Å²) in [5.41, 5.74) is 3.91. The van der Waals surface area contributed by atoms with Crippen molar-refractivity contribution in [3.63, 3.8) is 0 Å². The Morgan fingerprint density at radius 1 is 0.744 bits per heavy atom. The predicted molar refractivity (Wildman–Crippen MR) is 148 cm³/mol. The molecule has 0 saturated heterocycles. The number of hydrogen-bond acceptors (Lipinski definition) is 7. The lowest BCUT2D eigenvalue weighted by molar-refractivity contribution is -0.143. The predicted octanol–water partition coefficient (Wildman–Crippen LogP) is 6.01. The molecule has 4 rings (SSSR count). The van der Waals surface area contributed by atoms with Gasteiger partial charge < -0.3 is 19.5 Å². The van der Waals surface area contributed by atoms with E-state index in [-0.39, 0.29) is 18.8 Å². The highest BCUT2D eigenvalue weighted by molar-refractivity contribution is 6.12. The third-order valence-electron chi connectivity index (χ3n) is 6.16. The molecule has 4 aromatic rings. The van der Waals surface area contributed by atoms with Gasteiger partial charge in [-0.05, 0) is 66.1 Å². The lowest BCUT2D eigenvalue weighted by Crippen LogP contribution is -2.28. The highest BCUT2D eigenvalue weighted by Crippen LogP contribution is 2.26. The smallest absolute Gasteiger partial charge is 0.337 e. The molecule has 0 saturated carbocycles. The number of anilines is 2. The van der Waals surface area contributed by atoms with Crippen LogP contribution in [0.15, 0.2) is 103 Å². The van der Waals surface area contributed by atoms with E-state index in [0.29, 0.717) is 22.6 Å². The third kappa shape index (κ3) is 7.11. The zero-order valence-electron chi connectivity index (χ0n) is 21.8. The van der Waals surface area contributed by atoms with Crippen LogP contribution in [0.25, 0.3) is 0 Å². The molecule has 0 heterocycles. The Balaban J connectivity index is 1.46. The topological polar surface area (TPSA) is 90.9 Å². The first-order valence-electron chi connectivity index (χ1n) is 12.4. The summed E-state index contributed by atoms with van der Waals surface area (Å²) in [4.78, 5) is 38.0. The van der Waals surface area contributed by atoms with Gasteiger partial charge in [-0.3, -0.25) is 9.59 Å². The SMILES string of the molecule is COC(=O)c1cccc(COc2ccc(CC(C(=O)OC)C(=O)c3ccccc3Nc3ccccc3)cc2)c1. The molecular weight excluding hydrogens is 494 g/mol. The van der Waals surface area contributed by atoms with E-state index >= 15 is 0 Å². The van der Waals surface area contributed by atoms with E-state index in [1.807, 2.05) is 60.7 Å². The molecule has 7 nitrogen and oxygen atoms in total. The van der Waals surface area contributed by atoms with E-state index in [1.54, 1.807) is 42.5 Å². The zero-order chi connectivity index (χ0) is 27.6. The van der Waals surface area contributed by atoms with Crippen molar-refractivity contribution >= 4 is 29.1 Å². The molecule has 0 aliphatic carbocycles. The maximum Gasteiger partial charge on any atom is 0.337 e. The number of ether oxygens (including phenoxy) is 3. The second-order valence-corrected chi connectivity index (χ2v) is 8.81. The second kappa shape index (κ2) is 13.1. The molecule has 7 heteroatoms. The van der Waals surface area contributed by atoms with Crippen LogP contribution in [0.5, 0.6) is 5.75 Å². The summed E-state index contributed by atoms with van der Waals surface area (Å²) >= 11 is 0. The summed E-state index contributed by atoms with van der Waals surface area (Å²) in [6, 6.07) is 30.8. The lowest BCUT2D eigenvalue weighted by atomic mass is 9.90. The highest BCUT2D eigenvalue weighted by Gasteiger charge is 2.30. The number of hydrogen-bond donors (Lipinski definition) is 1. The van der Waals surface area contributed by atoms with Gasteiger partial charge in [0.25, 0.3) is 0 Å². The van der Waals surface area contributed by atoms with Gasteiger partial charge in [0.05, 0.1) is 19.8 Å². The molecule has 0 aromatic heterocycles. The number of carbonyl (C=O) groups is 3. The van der Waals surface area contributed by atoms with Gasteiger partial charge in [0, 0.05) is 16.9 Å². The van der Waals surface area contributed by atoms with E-state index in [0.717, 1.165) is 16.8 Å². The largest absolute Gasteiger partial charge is 0.489 e. The van der Waals surface area contributed by atoms with Gasteiger partial charge in [-0.1, -0.05) is 54.6 Å². The molecule has 0 fully saturated rings. The van der Waals surface area contributed by atoms with Crippen LogP contribution in [-0.2, 0) is 27.3 Å². The summed E-state index contributed by atoms with van der Waals surface area (Å²) < 4.78 is 15.6. The van der Waals surface area contributed by atoms with Crippen molar-refractivity contribution in [1.29, 1.82) is 0 Å². The summed E-state index contributed by atoms with van der Waals surface area (Å²) in [5, 5.41) is 3.26. The van der Waals surface area contributed by atoms with Gasteiger partial charge in [0.15, 0.2) is 5.78 Å². The zero-order valence-corrected chi connectivity index (χ0v) is 21.8. The highest BCUT2D eigenvalue weighted by atomic mass is 16.5. The molecule has 39 heavy (non-hydrogen) atoms. The van der Waals surface area contributed by atoms with Gasteiger partial charge in [0.2, 0.25) is 0 Å². The Morgan fingerprint density at radius 2 is 1.46 bits per heavy atom. The molecule has 0 amide bonds. The Hall–Kier alpha value is -4.91. The van der Waals surface area contributed by atoms with Crippen LogP contribution < -0.4 is 10.1 Å². The van der Waals surface area contributed by atoms with Crippen molar-refractivity contribution < 1.29 is 28.6 Å². The molecule has 0 aliphatic rings. The van der Waals surface area contributed by atoms with Gasteiger partial charge in [0.1, 0.15) is 18.3 Å². The van der Waals surface area contributed by atoms with Crippen LogP contribution in [0, 0.1) is 5.92 Å². The second-order valence-electron chi connectivity index (χ2n) is 8.81. The minimum Gasteiger partial charge on any atom is -0.489 e. The Labute approximate surface area is 227 Å². The van der Waals surface area contributed by atoms with E-state index in [4.69, 9.17) is 14.2 Å². The number of esters is 2. The van der Waals surface area contributed by atoms with Gasteiger partial charge in [-0.2, -0.15) is 0 Å². The first-order chi connectivity index (χ1) is 19.0. The normalized spacial score (nSPS) is 11.2. The number of nitrogens with one attached hydrogen (secondary N) is 1. The monoisotopic (exact) mass is 523 g/mol. The summed E-state index contributed by atoms with van der Waals surface area (Å²) in [7, 11) is 2.62. The van der Waals surface area contributed by atoms with Crippen molar-refractivity contribution in [2.75, 3.05) is 19.5 Å². The average molecular weight is 524 g/mol. The van der Waals surface area contributed by atoms with Crippen molar-refractivity contribution in [1.82, 2.24) is 0 Å². The number of benzene rings is 4. The van der Waals surface area contributed by atoms with Crippen LogP contribution in [-0.4, -0.2) is 31.9 Å². The molecule has 1 N–H and O–H groups in total. The van der Waals surface area contributed by atoms with Crippen molar-refractivity contribution in [3.05, 3.63) is 125 Å². The molecule has 4 aromatic carbocycles. The average Bonchev–Trinajstić information content (AvgIpc) is 2.99. The number of carbonyl (C=O) groups excluding carboxylic acids is 3. The van der Waals surface area contributed by atoms with Crippen LogP contribution in [0.3, 0.4) is 0 Å². The van der Waals surface area contributed by atoms with E-state index < -0.39 is 17.9 Å². The van der Waals surface area contributed by atoms with Crippen LogP contribution >= 0.6 is 0 Å². The molecule has 1 atom stereocenters. The van der Waals surface area contributed by atoms with Crippen molar-refractivity contribution in [2.24, 2.45) is 5.92 Å². The van der Waals surface area contributed by atoms with Crippen LogP contribution in [0.2, 0.25) is 0 Å². The molecule has 0 bridgehead atoms. The number of rotatable bonds is 11. The summed E-state index contributed by atoms with van der Waals surface area (Å²) in [6.45, 7) is 0.263. The van der Waals surface area contributed by atoms with Gasteiger partial charge >= 0.3 is 11.9 Å². The van der Waals surface area contributed by atoms with Gasteiger partial charge in [-0.25, -0.2) is 4.79 Å². The molecular formula is C32H29NO6. The minimum atomic E-state index is -1.01. The fraction of sp³-hybridized carbons (Fsp3) is 0.156. The maximum atomic E-state index is 13.6. The lowest BCUT2D eigenvalue weighted by Gasteiger charge is -2.17. The molecule has 0 aliphatic heterocycles. The van der Waals surface area contributed by atoms with E-state index in [9.17, 15) is 14.4 Å². The van der Waals surface area contributed by atoms with E-state index in [1.165, 1.54) is 14.2 Å². The number of ketones is 1. The summed E-state index contributed by atoms with van der Waals surface area (Å²) in [5.74, 6) is -1.73. The number of Topliss-reactive ketones (excluding diaryl/α,β-unsaturated/α-hetero) is 1. The maximum absolute atomic E-state index is 13.6. The number of para-hydroxylation sites is 2. The number of methoxy groups -OCH3 is 2. The van der Waals surface area contributed by atoms with Crippen molar-refractivity contribution in [3.8, 4) is 5.75 Å². The molecule has 198 valence electrons. The minimum absolute atomic E-state index is 0.173. The molecule has 0 radical (unpaired) electrons. The van der Waals surface area contributed by atoms with Crippen LogP contribution in [0.1, 0.15) is 31.8 Å². The molecule has 1 unspecified atom stereocenters. The Kier molecular flexibility index (Phi) is 9.08. The summed E-state index contributed by atoms with van der Waals surface area (Å²) in [6.07, 6.45) is 0.173. The first kappa shape index (κ1) is 27.1. The third-order valence-corrected chi connectivity index (χ3v) is 6.16. The van der Waals surface area contributed by atoms with Crippen molar-refractivity contribution in [2.45, 2.75) is 13.0 Å². The molecule has 0 spiro atoms. The Morgan fingerprint density at radius 3 is 2.18 bits per heavy atom. The standard InChI is InChI=1S/C32H29NO6/c1-37-31(35)24-10-8-9-23(19-24)21-39-26-17-15-22(16-18-26)20-28(32(36)38-2)30(34)27-13-6-7-14-29(27)33-25-11-4-3-5-12-25/h3-19,28,33H,20-21H2,1-2H3. The van der Waals surface area contributed by atoms with Gasteiger partial charge in [-0.15, -0.1) is 0 Å². The quantitative estimate of drug-likeness (QED) is 0.146. The fourth-order valence-corrected chi connectivity index (χ4v) is 4.13. The Bertz CT molecular complexity index is 1430. The fourth-order valence-electron chi connectivity index (χ4n) is 4.13. The van der Waals surface area contributed by atoms with Crippen LogP contribution in [0.4, 0.5) is 11.4 Å². The van der Waals surface area contributed by atoms with E-state index in [2.05, 4.69) is 5.32 Å². The first-order valence-corrected chi connectivity index (χ1v) is 12.4.